The molecule has 1 atom stereocenters. The van der Waals surface area contributed by atoms with Gasteiger partial charge in [0.25, 0.3) is 0 Å². The van der Waals surface area contributed by atoms with Crippen molar-refractivity contribution in [3.8, 4) is 0 Å². The third kappa shape index (κ3) is 6.13. The fraction of sp³-hybridized carbons (Fsp3) is 0.500. The molecular formula is C16H23NO5. The van der Waals surface area contributed by atoms with Crippen molar-refractivity contribution in [3.63, 3.8) is 0 Å². The van der Waals surface area contributed by atoms with Gasteiger partial charge in [0.2, 0.25) is 0 Å². The molecule has 1 rings (SSSR count). The molecule has 0 bridgehead atoms. The zero-order valence-electron chi connectivity index (χ0n) is 13.4. The van der Waals surface area contributed by atoms with Gasteiger partial charge in [0.15, 0.2) is 6.04 Å². The standard InChI is InChI=1S/C16H23NO5/c1-16(2,3)22-15(20)17(4)13(14(18)19)11-21-10-12-8-6-5-7-9-12/h5-9,13H,10-11H2,1-4H3,(H,18,19). The Morgan fingerprint density at radius 2 is 1.82 bits per heavy atom. The quantitative estimate of drug-likeness (QED) is 0.874. The summed E-state index contributed by atoms with van der Waals surface area (Å²) < 4.78 is 10.6. The first kappa shape index (κ1) is 18.0. The predicted octanol–water partition coefficient (Wildman–Crippen LogP) is 2.52. The van der Waals surface area contributed by atoms with Crippen LogP contribution in [0.5, 0.6) is 0 Å². The lowest BCUT2D eigenvalue weighted by molar-refractivity contribution is -0.145. The van der Waals surface area contributed by atoms with E-state index >= 15 is 0 Å². The van der Waals surface area contributed by atoms with Gasteiger partial charge in [0, 0.05) is 7.05 Å². The summed E-state index contributed by atoms with van der Waals surface area (Å²) in [5.41, 5.74) is 0.255. The summed E-state index contributed by atoms with van der Waals surface area (Å²) in [7, 11) is 1.39. The minimum Gasteiger partial charge on any atom is -0.480 e. The van der Waals surface area contributed by atoms with Crippen LogP contribution in [-0.2, 0) is 20.9 Å². The Kier molecular flexibility index (Phi) is 6.37. The fourth-order valence-electron chi connectivity index (χ4n) is 1.67. The van der Waals surface area contributed by atoms with Crippen LogP contribution in [0.4, 0.5) is 4.79 Å². The van der Waals surface area contributed by atoms with Crippen molar-refractivity contribution in [2.45, 2.75) is 39.0 Å². The van der Waals surface area contributed by atoms with Gasteiger partial charge in [-0.1, -0.05) is 30.3 Å². The number of carboxylic acid groups (broad SMARTS) is 1. The Morgan fingerprint density at radius 3 is 2.32 bits per heavy atom. The van der Waals surface area contributed by atoms with Gasteiger partial charge in [-0.3, -0.25) is 4.90 Å². The number of rotatable bonds is 6. The van der Waals surface area contributed by atoms with Crippen LogP contribution in [0.25, 0.3) is 0 Å². The highest BCUT2D eigenvalue weighted by Crippen LogP contribution is 2.11. The molecule has 1 amide bonds. The molecule has 6 nitrogen and oxygen atoms in total. The first-order valence-corrected chi connectivity index (χ1v) is 7.01. The highest BCUT2D eigenvalue weighted by Gasteiger charge is 2.30. The number of benzene rings is 1. The number of ether oxygens (including phenoxy) is 2. The zero-order valence-corrected chi connectivity index (χ0v) is 13.4. The number of carbonyl (C=O) groups is 2. The summed E-state index contributed by atoms with van der Waals surface area (Å²) in [5.74, 6) is -1.14. The first-order valence-electron chi connectivity index (χ1n) is 7.01. The molecule has 0 aromatic heterocycles. The topological polar surface area (TPSA) is 76.1 Å². The van der Waals surface area contributed by atoms with Gasteiger partial charge in [-0.15, -0.1) is 0 Å². The van der Waals surface area contributed by atoms with Gasteiger partial charge in [0.05, 0.1) is 13.2 Å². The van der Waals surface area contributed by atoms with Crippen molar-refractivity contribution in [2.75, 3.05) is 13.7 Å². The number of hydrogen-bond donors (Lipinski definition) is 1. The van der Waals surface area contributed by atoms with Crippen LogP contribution in [0.3, 0.4) is 0 Å². The normalized spacial score (nSPS) is 12.5. The van der Waals surface area contributed by atoms with E-state index in [1.807, 2.05) is 30.3 Å². The summed E-state index contributed by atoms with van der Waals surface area (Å²) in [6.45, 7) is 5.34. The lowest BCUT2D eigenvalue weighted by Crippen LogP contribution is -2.47. The molecule has 0 saturated heterocycles. The van der Waals surface area contributed by atoms with Gasteiger partial charge < -0.3 is 14.6 Å². The van der Waals surface area contributed by atoms with Crippen molar-refractivity contribution in [1.82, 2.24) is 4.90 Å². The Morgan fingerprint density at radius 1 is 1.23 bits per heavy atom. The molecule has 0 aliphatic carbocycles. The van der Waals surface area contributed by atoms with Gasteiger partial charge in [0.1, 0.15) is 5.60 Å². The molecule has 22 heavy (non-hydrogen) atoms. The second-order valence-electron chi connectivity index (χ2n) is 5.95. The van der Waals surface area contributed by atoms with E-state index in [4.69, 9.17) is 9.47 Å². The van der Waals surface area contributed by atoms with Crippen LogP contribution in [0.2, 0.25) is 0 Å². The summed E-state index contributed by atoms with van der Waals surface area (Å²) in [5, 5.41) is 9.26. The molecule has 1 aromatic rings. The van der Waals surface area contributed by atoms with E-state index < -0.39 is 23.7 Å². The zero-order chi connectivity index (χ0) is 16.8. The number of aliphatic carboxylic acids is 1. The summed E-state index contributed by atoms with van der Waals surface area (Å²) in [6, 6.07) is 8.31. The smallest absolute Gasteiger partial charge is 0.410 e. The van der Waals surface area contributed by atoms with Crippen LogP contribution >= 0.6 is 0 Å². The van der Waals surface area contributed by atoms with Crippen LogP contribution in [0.1, 0.15) is 26.3 Å². The Hall–Kier alpha value is -2.08. The molecule has 0 fully saturated rings. The minimum absolute atomic E-state index is 0.111. The molecule has 0 radical (unpaired) electrons. The molecule has 122 valence electrons. The first-order chi connectivity index (χ1) is 10.2. The van der Waals surface area contributed by atoms with E-state index in [1.54, 1.807) is 20.8 Å². The molecule has 0 aliphatic rings. The van der Waals surface area contributed by atoms with Crippen LogP contribution in [0, 0.1) is 0 Å². The van der Waals surface area contributed by atoms with Crippen molar-refractivity contribution < 1.29 is 24.2 Å². The summed E-state index contributed by atoms with van der Waals surface area (Å²) >= 11 is 0. The van der Waals surface area contributed by atoms with E-state index in [9.17, 15) is 14.7 Å². The predicted molar refractivity (Wildman–Crippen MR) is 81.5 cm³/mol. The van der Waals surface area contributed by atoms with Crippen LogP contribution in [0.15, 0.2) is 30.3 Å². The maximum atomic E-state index is 11.9. The van der Waals surface area contributed by atoms with Gasteiger partial charge in [-0.25, -0.2) is 9.59 Å². The van der Waals surface area contributed by atoms with Gasteiger partial charge in [-0.2, -0.15) is 0 Å². The Labute approximate surface area is 130 Å². The molecular weight excluding hydrogens is 286 g/mol. The molecule has 6 heteroatoms. The lowest BCUT2D eigenvalue weighted by Gasteiger charge is -2.28. The highest BCUT2D eigenvalue weighted by atomic mass is 16.6. The molecule has 0 aliphatic heterocycles. The van der Waals surface area contributed by atoms with Crippen molar-refractivity contribution >= 4 is 12.1 Å². The van der Waals surface area contributed by atoms with Crippen LogP contribution in [-0.4, -0.2) is 47.4 Å². The van der Waals surface area contributed by atoms with Gasteiger partial charge in [-0.05, 0) is 26.3 Å². The Balaban J connectivity index is 2.57. The molecule has 0 heterocycles. The molecule has 0 saturated carbocycles. The highest BCUT2D eigenvalue weighted by molar-refractivity contribution is 5.80. The number of carboxylic acids is 1. The number of carbonyl (C=O) groups excluding carboxylic acids is 1. The molecule has 1 aromatic carbocycles. The maximum Gasteiger partial charge on any atom is 0.410 e. The SMILES string of the molecule is CN(C(=O)OC(C)(C)C)C(COCc1ccccc1)C(=O)O. The Bertz CT molecular complexity index is 495. The van der Waals surface area contributed by atoms with Crippen LogP contribution < -0.4 is 0 Å². The van der Waals surface area contributed by atoms with E-state index in [-0.39, 0.29) is 13.2 Å². The van der Waals surface area contributed by atoms with Gasteiger partial charge >= 0.3 is 12.1 Å². The van der Waals surface area contributed by atoms with Crippen molar-refractivity contribution in [3.05, 3.63) is 35.9 Å². The van der Waals surface area contributed by atoms with E-state index in [0.717, 1.165) is 10.5 Å². The second-order valence-corrected chi connectivity index (χ2v) is 5.95. The third-order valence-corrected chi connectivity index (χ3v) is 2.82. The number of likely N-dealkylation sites (N-methyl/N-ethyl adjacent to an activating group) is 1. The number of hydrogen-bond acceptors (Lipinski definition) is 4. The van der Waals surface area contributed by atoms with Crippen molar-refractivity contribution in [1.29, 1.82) is 0 Å². The molecule has 1 N–H and O–H groups in total. The minimum atomic E-state index is -1.14. The summed E-state index contributed by atoms with van der Waals surface area (Å²) in [6.07, 6.45) is -0.691. The van der Waals surface area contributed by atoms with E-state index in [0.29, 0.717) is 0 Å². The van der Waals surface area contributed by atoms with Crippen molar-refractivity contribution in [2.24, 2.45) is 0 Å². The molecule has 1 unspecified atom stereocenters. The largest absolute Gasteiger partial charge is 0.480 e. The third-order valence-electron chi connectivity index (χ3n) is 2.82. The second kappa shape index (κ2) is 7.79. The lowest BCUT2D eigenvalue weighted by atomic mass is 10.2. The fourth-order valence-corrected chi connectivity index (χ4v) is 1.67. The number of nitrogens with zero attached hydrogens (tertiary/aromatic N) is 1. The average Bonchev–Trinajstić information content (AvgIpc) is 2.42. The van der Waals surface area contributed by atoms with E-state index in [2.05, 4.69) is 0 Å². The number of amides is 1. The monoisotopic (exact) mass is 309 g/mol. The molecule has 0 spiro atoms. The average molecular weight is 309 g/mol. The summed E-state index contributed by atoms with van der Waals surface area (Å²) in [4.78, 5) is 24.3. The van der Waals surface area contributed by atoms with E-state index in [1.165, 1.54) is 7.05 Å². The maximum absolute atomic E-state index is 11.9.